The van der Waals surface area contributed by atoms with Crippen LogP contribution in [0.4, 0.5) is 0 Å². The molecule has 3 aromatic rings. The number of rotatable bonds is 2. The average molecular weight is 291 g/mol. The van der Waals surface area contributed by atoms with Gasteiger partial charge in [0, 0.05) is 35.2 Å². The third-order valence-electron chi connectivity index (χ3n) is 2.67. The Labute approximate surface area is 107 Å². The van der Waals surface area contributed by atoms with Crippen molar-refractivity contribution in [2.24, 2.45) is 0 Å². The van der Waals surface area contributed by atoms with Crippen molar-refractivity contribution in [3.05, 3.63) is 41.4 Å². The third-order valence-corrected chi connectivity index (χ3v) is 3.14. The number of hydrogen-bond acceptors (Lipinski definition) is 2. The second kappa shape index (κ2) is 4.00. The van der Waals surface area contributed by atoms with Gasteiger partial charge >= 0.3 is 0 Å². The smallest absolute Gasteiger partial charge is 0.137 e. The van der Waals surface area contributed by atoms with Crippen LogP contribution >= 0.6 is 15.9 Å². The molecule has 0 spiro atoms. The molecule has 5 heteroatoms. The molecular formula is C12H11BrN4. The second-order valence-electron chi connectivity index (χ2n) is 3.82. The van der Waals surface area contributed by atoms with E-state index in [1.54, 1.807) is 0 Å². The van der Waals surface area contributed by atoms with Crippen molar-refractivity contribution in [1.82, 2.24) is 19.2 Å². The molecule has 0 saturated carbocycles. The van der Waals surface area contributed by atoms with E-state index in [0.717, 1.165) is 27.9 Å². The maximum Gasteiger partial charge on any atom is 0.137 e. The lowest BCUT2D eigenvalue weighted by Crippen LogP contribution is -1.91. The standard InChI is InChI=1S/C12H11BrN4/c1-2-17-6-9(5-14-17)11-8-16-7-10(13)3-4-12(16)15-11/h3-8H,2H2,1H3. The molecule has 4 nitrogen and oxygen atoms in total. The van der Waals surface area contributed by atoms with Crippen LogP contribution in [0, 0.1) is 0 Å². The molecule has 0 fully saturated rings. The van der Waals surface area contributed by atoms with E-state index in [1.165, 1.54) is 0 Å². The van der Waals surface area contributed by atoms with Gasteiger partial charge in [0.25, 0.3) is 0 Å². The normalized spacial score (nSPS) is 11.2. The Bertz CT molecular complexity index is 668. The summed E-state index contributed by atoms with van der Waals surface area (Å²) in [5.41, 5.74) is 2.93. The molecule has 3 aromatic heterocycles. The van der Waals surface area contributed by atoms with Gasteiger partial charge in [-0.3, -0.25) is 4.68 Å². The minimum absolute atomic E-state index is 0.874. The Kier molecular flexibility index (Phi) is 2.48. The fourth-order valence-corrected chi connectivity index (χ4v) is 2.13. The molecule has 0 amide bonds. The molecule has 3 heterocycles. The molecule has 0 bridgehead atoms. The molecule has 17 heavy (non-hydrogen) atoms. The zero-order chi connectivity index (χ0) is 11.8. The predicted octanol–water partition coefficient (Wildman–Crippen LogP) is 2.98. The molecule has 0 aliphatic carbocycles. The summed E-state index contributed by atoms with van der Waals surface area (Å²) in [6, 6.07) is 3.97. The van der Waals surface area contributed by atoms with Gasteiger partial charge < -0.3 is 4.40 Å². The fraction of sp³-hybridized carbons (Fsp3) is 0.167. The van der Waals surface area contributed by atoms with Crippen LogP contribution < -0.4 is 0 Å². The van der Waals surface area contributed by atoms with Crippen molar-refractivity contribution >= 4 is 21.6 Å². The molecule has 0 N–H and O–H groups in total. The Balaban J connectivity index is 2.11. The highest BCUT2D eigenvalue weighted by atomic mass is 79.9. The average Bonchev–Trinajstić information content (AvgIpc) is 2.93. The van der Waals surface area contributed by atoms with Gasteiger partial charge in [-0.05, 0) is 35.0 Å². The monoisotopic (exact) mass is 290 g/mol. The van der Waals surface area contributed by atoms with Gasteiger partial charge in [-0.25, -0.2) is 4.98 Å². The van der Waals surface area contributed by atoms with Crippen LogP contribution in [0.25, 0.3) is 16.9 Å². The van der Waals surface area contributed by atoms with E-state index in [9.17, 15) is 0 Å². The van der Waals surface area contributed by atoms with Crippen LogP contribution in [0.2, 0.25) is 0 Å². The van der Waals surface area contributed by atoms with E-state index in [0.29, 0.717) is 0 Å². The van der Waals surface area contributed by atoms with E-state index < -0.39 is 0 Å². The third kappa shape index (κ3) is 1.86. The summed E-state index contributed by atoms with van der Waals surface area (Å²) in [4.78, 5) is 4.56. The Morgan fingerprint density at radius 1 is 1.24 bits per heavy atom. The number of pyridine rings is 1. The van der Waals surface area contributed by atoms with Crippen LogP contribution in [-0.2, 0) is 6.54 Å². The van der Waals surface area contributed by atoms with Crippen molar-refractivity contribution < 1.29 is 0 Å². The largest absolute Gasteiger partial charge is 0.305 e. The number of halogens is 1. The first kappa shape index (κ1) is 10.5. The lowest BCUT2D eigenvalue weighted by atomic mass is 10.3. The molecule has 0 unspecified atom stereocenters. The number of imidazole rings is 1. The SMILES string of the molecule is CCn1cc(-c2cn3cc(Br)ccc3n2)cn1. The van der Waals surface area contributed by atoms with Gasteiger partial charge in [0.1, 0.15) is 5.65 Å². The highest BCUT2D eigenvalue weighted by Gasteiger charge is 2.06. The Morgan fingerprint density at radius 2 is 2.12 bits per heavy atom. The lowest BCUT2D eigenvalue weighted by Gasteiger charge is -1.91. The minimum atomic E-state index is 0.874. The molecular weight excluding hydrogens is 280 g/mol. The van der Waals surface area contributed by atoms with E-state index in [4.69, 9.17) is 0 Å². The summed E-state index contributed by atoms with van der Waals surface area (Å²) in [5, 5.41) is 4.26. The van der Waals surface area contributed by atoms with Crippen LogP contribution in [0.5, 0.6) is 0 Å². The van der Waals surface area contributed by atoms with Crippen LogP contribution in [0.15, 0.2) is 41.4 Å². The number of fused-ring (bicyclic) bond motifs is 1. The number of nitrogens with zero attached hydrogens (tertiary/aromatic N) is 4. The molecule has 0 aliphatic heterocycles. The quantitative estimate of drug-likeness (QED) is 0.727. The number of hydrogen-bond donors (Lipinski definition) is 0. The summed E-state index contributed by atoms with van der Waals surface area (Å²) < 4.78 is 4.94. The van der Waals surface area contributed by atoms with E-state index in [1.807, 2.05) is 46.0 Å². The van der Waals surface area contributed by atoms with E-state index >= 15 is 0 Å². The van der Waals surface area contributed by atoms with E-state index in [-0.39, 0.29) is 0 Å². The molecule has 0 aromatic carbocycles. The summed E-state index contributed by atoms with van der Waals surface area (Å²) in [6.07, 6.45) is 7.87. The first-order valence-corrected chi connectivity index (χ1v) is 6.22. The molecule has 0 aliphatic rings. The Hall–Kier alpha value is -1.62. The zero-order valence-electron chi connectivity index (χ0n) is 9.34. The zero-order valence-corrected chi connectivity index (χ0v) is 10.9. The van der Waals surface area contributed by atoms with Gasteiger partial charge in [-0.15, -0.1) is 0 Å². The molecule has 3 rings (SSSR count). The van der Waals surface area contributed by atoms with Crippen molar-refractivity contribution in [1.29, 1.82) is 0 Å². The van der Waals surface area contributed by atoms with Gasteiger partial charge in [-0.2, -0.15) is 5.10 Å². The molecule has 0 atom stereocenters. The minimum Gasteiger partial charge on any atom is -0.305 e. The van der Waals surface area contributed by atoms with Crippen LogP contribution in [-0.4, -0.2) is 19.2 Å². The maximum absolute atomic E-state index is 4.56. The fourth-order valence-electron chi connectivity index (χ4n) is 1.77. The lowest BCUT2D eigenvalue weighted by molar-refractivity contribution is 0.660. The second-order valence-corrected chi connectivity index (χ2v) is 4.74. The van der Waals surface area contributed by atoms with Crippen molar-refractivity contribution in [2.75, 3.05) is 0 Å². The van der Waals surface area contributed by atoms with Crippen LogP contribution in [0.1, 0.15) is 6.92 Å². The summed E-state index contributed by atoms with van der Waals surface area (Å²) in [6.45, 7) is 2.94. The van der Waals surface area contributed by atoms with Gasteiger partial charge in [0.05, 0.1) is 11.9 Å². The highest BCUT2D eigenvalue weighted by molar-refractivity contribution is 9.10. The Morgan fingerprint density at radius 3 is 2.88 bits per heavy atom. The summed E-state index contributed by atoms with van der Waals surface area (Å²) >= 11 is 3.45. The number of aromatic nitrogens is 4. The highest BCUT2D eigenvalue weighted by Crippen LogP contribution is 2.20. The molecule has 0 saturated heterocycles. The topological polar surface area (TPSA) is 35.1 Å². The van der Waals surface area contributed by atoms with Gasteiger partial charge in [0.2, 0.25) is 0 Å². The maximum atomic E-state index is 4.56. The first-order chi connectivity index (χ1) is 8.26. The summed E-state index contributed by atoms with van der Waals surface area (Å²) in [5.74, 6) is 0. The van der Waals surface area contributed by atoms with Gasteiger partial charge in [-0.1, -0.05) is 0 Å². The van der Waals surface area contributed by atoms with E-state index in [2.05, 4.69) is 32.9 Å². The predicted molar refractivity (Wildman–Crippen MR) is 69.8 cm³/mol. The molecule has 0 radical (unpaired) electrons. The van der Waals surface area contributed by atoms with Gasteiger partial charge in [0.15, 0.2) is 0 Å². The van der Waals surface area contributed by atoms with Crippen molar-refractivity contribution in [3.63, 3.8) is 0 Å². The number of aryl methyl sites for hydroxylation is 1. The first-order valence-electron chi connectivity index (χ1n) is 5.43. The van der Waals surface area contributed by atoms with Crippen molar-refractivity contribution in [3.8, 4) is 11.3 Å². The molecule has 86 valence electrons. The summed E-state index contributed by atoms with van der Waals surface area (Å²) in [7, 11) is 0. The van der Waals surface area contributed by atoms with Crippen LogP contribution in [0.3, 0.4) is 0 Å². The van der Waals surface area contributed by atoms with Crippen molar-refractivity contribution in [2.45, 2.75) is 13.5 Å².